The summed E-state index contributed by atoms with van der Waals surface area (Å²) >= 11 is 1.97. The molecule has 2 rings (SSSR count). The average molecular weight is 278 g/mol. The molecule has 0 radical (unpaired) electrons. The Morgan fingerprint density at radius 3 is 2.63 bits per heavy atom. The SMILES string of the molecule is CCN(CCSc1ccccc1)CC1CCNCC1. The average Bonchev–Trinajstić information content (AvgIpc) is 2.48. The van der Waals surface area contributed by atoms with Gasteiger partial charge in [0.1, 0.15) is 0 Å². The molecule has 0 bridgehead atoms. The summed E-state index contributed by atoms with van der Waals surface area (Å²) in [5.41, 5.74) is 0. The predicted octanol–water partition coefficient (Wildman–Crippen LogP) is 3.10. The Hall–Kier alpha value is -0.510. The van der Waals surface area contributed by atoms with E-state index in [9.17, 15) is 0 Å². The molecule has 0 atom stereocenters. The summed E-state index contributed by atoms with van der Waals surface area (Å²) in [7, 11) is 0. The van der Waals surface area contributed by atoms with E-state index in [4.69, 9.17) is 0 Å². The lowest BCUT2D eigenvalue weighted by Gasteiger charge is -2.29. The highest BCUT2D eigenvalue weighted by Gasteiger charge is 2.15. The van der Waals surface area contributed by atoms with Gasteiger partial charge in [0.15, 0.2) is 0 Å². The number of nitrogens with one attached hydrogen (secondary N) is 1. The number of nitrogens with zero attached hydrogens (tertiary/aromatic N) is 1. The summed E-state index contributed by atoms with van der Waals surface area (Å²) in [6.07, 6.45) is 2.70. The van der Waals surface area contributed by atoms with E-state index in [1.807, 2.05) is 11.8 Å². The molecule has 2 nitrogen and oxygen atoms in total. The molecule has 0 amide bonds. The fraction of sp³-hybridized carbons (Fsp3) is 0.625. The second-order valence-corrected chi connectivity index (χ2v) is 6.42. The molecular formula is C16H26N2S. The van der Waals surface area contributed by atoms with Crippen LogP contribution < -0.4 is 5.32 Å². The molecule has 1 saturated heterocycles. The molecule has 1 aromatic rings. The lowest BCUT2D eigenvalue weighted by molar-refractivity contribution is 0.223. The third-order valence-electron chi connectivity index (χ3n) is 3.84. The Morgan fingerprint density at radius 1 is 1.21 bits per heavy atom. The van der Waals surface area contributed by atoms with E-state index in [2.05, 4.69) is 47.5 Å². The highest BCUT2D eigenvalue weighted by molar-refractivity contribution is 7.99. The normalized spacial score (nSPS) is 16.9. The van der Waals surface area contributed by atoms with E-state index in [1.54, 1.807) is 0 Å². The van der Waals surface area contributed by atoms with Crippen LogP contribution >= 0.6 is 11.8 Å². The second-order valence-electron chi connectivity index (χ2n) is 5.25. The Labute approximate surface area is 122 Å². The van der Waals surface area contributed by atoms with Gasteiger partial charge >= 0.3 is 0 Å². The highest BCUT2D eigenvalue weighted by Crippen LogP contribution is 2.18. The minimum absolute atomic E-state index is 0.905. The van der Waals surface area contributed by atoms with Crippen LogP contribution in [0, 0.1) is 5.92 Å². The Morgan fingerprint density at radius 2 is 1.95 bits per heavy atom. The van der Waals surface area contributed by atoms with Gasteiger partial charge in [-0.2, -0.15) is 0 Å². The number of thioether (sulfide) groups is 1. The van der Waals surface area contributed by atoms with Crippen LogP contribution in [0.2, 0.25) is 0 Å². The van der Waals surface area contributed by atoms with Crippen molar-refractivity contribution in [1.29, 1.82) is 0 Å². The molecule has 1 heterocycles. The lowest BCUT2D eigenvalue weighted by Crippen LogP contribution is -2.37. The lowest BCUT2D eigenvalue weighted by atomic mass is 9.97. The number of hydrogen-bond acceptors (Lipinski definition) is 3. The molecular weight excluding hydrogens is 252 g/mol. The predicted molar refractivity (Wildman–Crippen MR) is 84.9 cm³/mol. The first-order chi connectivity index (χ1) is 9.38. The van der Waals surface area contributed by atoms with E-state index < -0.39 is 0 Å². The fourth-order valence-electron chi connectivity index (χ4n) is 2.62. The van der Waals surface area contributed by atoms with Crippen LogP contribution in [0.1, 0.15) is 19.8 Å². The molecule has 0 aromatic heterocycles. The maximum atomic E-state index is 3.45. The number of piperidine rings is 1. The molecule has 0 saturated carbocycles. The monoisotopic (exact) mass is 278 g/mol. The number of rotatable bonds is 7. The summed E-state index contributed by atoms with van der Waals surface area (Å²) in [5, 5.41) is 3.45. The van der Waals surface area contributed by atoms with Gasteiger partial charge in [-0.3, -0.25) is 0 Å². The third kappa shape index (κ3) is 5.55. The summed E-state index contributed by atoms with van der Waals surface area (Å²) in [6.45, 7) is 8.38. The molecule has 1 aliphatic heterocycles. The Kier molecular flexibility index (Phi) is 6.75. The van der Waals surface area contributed by atoms with Crippen molar-refractivity contribution in [2.45, 2.75) is 24.7 Å². The van der Waals surface area contributed by atoms with Crippen molar-refractivity contribution in [3.8, 4) is 0 Å². The zero-order chi connectivity index (χ0) is 13.3. The Balaban J connectivity index is 1.67. The standard InChI is InChI=1S/C16H26N2S/c1-2-18(14-15-8-10-17-11-9-15)12-13-19-16-6-4-3-5-7-16/h3-7,15,17H,2,8-14H2,1H3. The summed E-state index contributed by atoms with van der Waals surface area (Å²) < 4.78 is 0. The quantitative estimate of drug-likeness (QED) is 0.772. The van der Waals surface area contributed by atoms with Gasteiger partial charge in [-0.1, -0.05) is 25.1 Å². The van der Waals surface area contributed by atoms with Gasteiger partial charge in [0.05, 0.1) is 0 Å². The van der Waals surface area contributed by atoms with Gasteiger partial charge in [0.25, 0.3) is 0 Å². The minimum atomic E-state index is 0.905. The summed E-state index contributed by atoms with van der Waals surface area (Å²) in [4.78, 5) is 4.01. The van der Waals surface area contributed by atoms with Crippen LogP contribution in [-0.4, -0.2) is 43.4 Å². The summed E-state index contributed by atoms with van der Waals surface area (Å²) in [5.74, 6) is 2.10. The number of hydrogen-bond donors (Lipinski definition) is 1. The van der Waals surface area contributed by atoms with Gasteiger partial charge in [-0.25, -0.2) is 0 Å². The smallest absolute Gasteiger partial charge is 0.0108 e. The molecule has 1 aliphatic rings. The van der Waals surface area contributed by atoms with Crippen molar-refractivity contribution in [3.63, 3.8) is 0 Å². The summed E-state index contributed by atoms with van der Waals surface area (Å²) in [6, 6.07) is 10.7. The first-order valence-corrected chi connectivity index (χ1v) is 8.48. The van der Waals surface area contributed by atoms with Gasteiger partial charge in [-0.15, -0.1) is 11.8 Å². The molecule has 19 heavy (non-hydrogen) atoms. The molecule has 1 fully saturated rings. The van der Waals surface area contributed by atoms with Crippen LogP contribution in [-0.2, 0) is 0 Å². The Bertz CT molecular complexity index is 336. The first kappa shape index (κ1) is 14.9. The van der Waals surface area contributed by atoms with Crippen LogP contribution in [0.15, 0.2) is 35.2 Å². The van der Waals surface area contributed by atoms with Gasteiger partial charge in [0, 0.05) is 23.7 Å². The molecule has 0 spiro atoms. The van der Waals surface area contributed by atoms with E-state index in [1.165, 1.54) is 56.2 Å². The van der Waals surface area contributed by atoms with Gasteiger partial charge in [0.2, 0.25) is 0 Å². The largest absolute Gasteiger partial charge is 0.317 e. The van der Waals surface area contributed by atoms with Crippen molar-refractivity contribution < 1.29 is 0 Å². The third-order valence-corrected chi connectivity index (χ3v) is 4.83. The maximum Gasteiger partial charge on any atom is 0.0108 e. The van der Waals surface area contributed by atoms with Crippen molar-refractivity contribution >= 4 is 11.8 Å². The molecule has 0 unspecified atom stereocenters. The maximum absolute atomic E-state index is 3.45. The number of benzene rings is 1. The van der Waals surface area contributed by atoms with E-state index in [-0.39, 0.29) is 0 Å². The van der Waals surface area contributed by atoms with Gasteiger partial charge < -0.3 is 10.2 Å². The van der Waals surface area contributed by atoms with E-state index >= 15 is 0 Å². The molecule has 0 aliphatic carbocycles. The zero-order valence-corrected chi connectivity index (χ0v) is 12.8. The van der Waals surface area contributed by atoms with Crippen molar-refractivity contribution in [2.24, 2.45) is 5.92 Å². The van der Waals surface area contributed by atoms with E-state index in [0.717, 1.165) is 5.92 Å². The topological polar surface area (TPSA) is 15.3 Å². The van der Waals surface area contributed by atoms with E-state index in [0.29, 0.717) is 0 Å². The van der Waals surface area contributed by atoms with Crippen molar-refractivity contribution in [3.05, 3.63) is 30.3 Å². The first-order valence-electron chi connectivity index (χ1n) is 7.49. The highest BCUT2D eigenvalue weighted by atomic mass is 32.2. The molecule has 1 N–H and O–H groups in total. The zero-order valence-electron chi connectivity index (χ0n) is 12.0. The van der Waals surface area contributed by atoms with Crippen LogP contribution in [0.4, 0.5) is 0 Å². The van der Waals surface area contributed by atoms with Gasteiger partial charge in [-0.05, 0) is 50.5 Å². The second kappa shape index (κ2) is 8.62. The molecule has 3 heteroatoms. The van der Waals surface area contributed by atoms with Crippen molar-refractivity contribution in [2.75, 3.05) is 38.5 Å². The minimum Gasteiger partial charge on any atom is -0.317 e. The molecule has 1 aromatic carbocycles. The fourth-order valence-corrected chi connectivity index (χ4v) is 3.55. The molecule has 106 valence electrons. The van der Waals surface area contributed by atoms with Crippen LogP contribution in [0.5, 0.6) is 0 Å². The van der Waals surface area contributed by atoms with Crippen LogP contribution in [0.25, 0.3) is 0 Å². The van der Waals surface area contributed by atoms with Crippen LogP contribution in [0.3, 0.4) is 0 Å². The van der Waals surface area contributed by atoms with Crippen molar-refractivity contribution in [1.82, 2.24) is 10.2 Å².